The van der Waals surface area contributed by atoms with Gasteiger partial charge in [0.25, 0.3) is 5.91 Å². The summed E-state index contributed by atoms with van der Waals surface area (Å²) in [6.07, 6.45) is 0.673. The number of nitrogens with one attached hydrogen (secondary N) is 2. The van der Waals surface area contributed by atoms with Gasteiger partial charge in [0.15, 0.2) is 0 Å². The van der Waals surface area contributed by atoms with Crippen LogP contribution in [-0.4, -0.2) is 43.1 Å². The molecule has 0 aliphatic heterocycles. The number of carbonyl (C=O) groups is 2. The molecule has 4 N–H and O–H groups in total. The maximum absolute atomic E-state index is 13.4. The van der Waals surface area contributed by atoms with Crippen LogP contribution in [0, 0.1) is 11.3 Å². The number of alkyl halides is 3. The van der Waals surface area contributed by atoms with Crippen LogP contribution in [0.1, 0.15) is 67.0 Å². The highest BCUT2D eigenvalue weighted by molar-refractivity contribution is 7.15. The summed E-state index contributed by atoms with van der Waals surface area (Å²) in [7, 11) is 0. The Morgan fingerprint density at radius 3 is 2.46 bits per heavy atom. The van der Waals surface area contributed by atoms with E-state index in [1.54, 1.807) is 36.5 Å². The third kappa shape index (κ3) is 6.75. The number of rotatable bonds is 8. The Bertz CT molecular complexity index is 1810. The number of aromatic nitrogens is 3. The summed E-state index contributed by atoms with van der Waals surface area (Å²) >= 11 is 1.27. The highest BCUT2D eigenvalue weighted by Crippen LogP contribution is 2.51. The van der Waals surface area contributed by atoms with Crippen molar-refractivity contribution < 1.29 is 33.0 Å². The van der Waals surface area contributed by atoms with Gasteiger partial charge in [0.2, 0.25) is 5.95 Å². The molecule has 2 heterocycles. The van der Waals surface area contributed by atoms with Crippen molar-refractivity contribution in [3.8, 4) is 21.6 Å². The minimum atomic E-state index is -4.65. The standard InChI is InChI=1S/C33H32F3N5O4S/c1-31(2)17-32(45,10-8-24(31)28(43)44)29-38-16-25(46-29)21-13-20(18-4-3-5-19(12-18)27(42)39-22-6-7-22)14-23(15-21)40-30-37-11-9-26(41-30)33(34,35)36/h3-5,9,11-16,22,24,45H,6-8,10,17H2,1-2H3,(H,39,42)(H,43,44)(H,37,40,41)/t24-,32-/m0/s1. The number of carbonyl (C=O) groups excluding carboxylic acids is 1. The van der Waals surface area contributed by atoms with Crippen LogP contribution in [0.25, 0.3) is 21.6 Å². The second kappa shape index (κ2) is 11.8. The number of thiazole rings is 1. The number of hydrogen-bond donors (Lipinski definition) is 4. The van der Waals surface area contributed by atoms with Crippen LogP contribution >= 0.6 is 11.3 Å². The van der Waals surface area contributed by atoms with Gasteiger partial charge in [0.05, 0.1) is 10.8 Å². The van der Waals surface area contributed by atoms with Gasteiger partial charge in [-0.2, -0.15) is 13.2 Å². The topological polar surface area (TPSA) is 137 Å². The van der Waals surface area contributed by atoms with Crippen LogP contribution in [-0.2, 0) is 16.6 Å². The van der Waals surface area contributed by atoms with Gasteiger partial charge < -0.3 is 20.8 Å². The zero-order valence-corrected chi connectivity index (χ0v) is 25.9. The van der Waals surface area contributed by atoms with Gasteiger partial charge in [0.1, 0.15) is 16.3 Å². The number of anilines is 2. The fraction of sp³-hybridized carbons (Fsp3) is 0.364. The van der Waals surface area contributed by atoms with E-state index < -0.39 is 34.8 Å². The quantitative estimate of drug-likeness (QED) is 0.160. The predicted octanol–water partition coefficient (Wildman–Crippen LogP) is 7.02. The number of carboxylic acids is 1. The van der Waals surface area contributed by atoms with Gasteiger partial charge in [-0.3, -0.25) is 9.59 Å². The molecule has 2 saturated carbocycles. The van der Waals surface area contributed by atoms with Crippen molar-refractivity contribution in [3.63, 3.8) is 0 Å². The molecule has 2 aliphatic carbocycles. The van der Waals surface area contributed by atoms with E-state index in [4.69, 9.17) is 0 Å². The van der Waals surface area contributed by atoms with Gasteiger partial charge in [-0.15, -0.1) is 11.3 Å². The number of benzene rings is 2. The van der Waals surface area contributed by atoms with Gasteiger partial charge >= 0.3 is 12.1 Å². The van der Waals surface area contributed by atoms with E-state index >= 15 is 0 Å². The Labute approximate surface area is 267 Å². The maximum atomic E-state index is 13.4. The van der Waals surface area contributed by atoms with E-state index in [9.17, 15) is 33.0 Å². The molecular weight excluding hydrogens is 619 g/mol. The molecule has 46 heavy (non-hydrogen) atoms. The Balaban J connectivity index is 1.37. The van der Waals surface area contributed by atoms with E-state index in [1.165, 1.54) is 11.3 Å². The number of carboxylic acid groups (broad SMARTS) is 1. The highest BCUT2D eigenvalue weighted by atomic mass is 32.1. The lowest BCUT2D eigenvalue weighted by Crippen LogP contribution is -2.44. The van der Waals surface area contributed by atoms with Crippen LogP contribution in [0.2, 0.25) is 0 Å². The summed E-state index contributed by atoms with van der Waals surface area (Å²) in [6.45, 7) is 3.67. The third-order valence-electron chi connectivity index (χ3n) is 8.53. The molecule has 2 atom stereocenters. The summed E-state index contributed by atoms with van der Waals surface area (Å²) in [5.74, 6) is -1.90. The smallest absolute Gasteiger partial charge is 0.433 e. The van der Waals surface area contributed by atoms with Gasteiger partial charge in [0, 0.05) is 29.7 Å². The molecule has 2 aromatic heterocycles. The summed E-state index contributed by atoms with van der Waals surface area (Å²) < 4.78 is 40.1. The molecule has 2 fully saturated rings. The van der Waals surface area contributed by atoms with Crippen LogP contribution < -0.4 is 10.6 Å². The van der Waals surface area contributed by atoms with Gasteiger partial charge in [-0.25, -0.2) is 15.0 Å². The molecule has 2 aliphatic rings. The average molecular weight is 652 g/mol. The number of aliphatic hydroxyl groups is 1. The molecule has 240 valence electrons. The molecule has 0 bridgehead atoms. The zero-order chi connectivity index (χ0) is 32.9. The third-order valence-corrected chi connectivity index (χ3v) is 9.77. The van der Waals surface area contributed by atoms with Crippen LogP contribution in [0.5, 0.6) is 0 Å². The number of nitrogens with zero attached hydrogens (tertiary/aromatic N) is 3. The fourth-order valence-electron chi connectivity index (χ4n) is 6.05. The largest absolute Gasteiger partial charge is 0.481 e. The molecule has 0 spiro atoms. The molecule has 1 amide bonds. The maximum Gasteiger partial charge on any atom is 0.433 e. The zero-order valence-electron chi connectivity index (χ0n) is 25.1. The summed E-state index contributed by atoms with van der Waals surface area (Å²) in [5.41, 5.74) is -0.151. The number of aliphatic carboxylic acids is 1. The first-order valence-electron chi connectivity index (χ1n) is 14.9. The molecule has 0 saturated heterocycles. The Hall–Kier alpha value is -4.36. The highest BCUT2D eigenvalue weighted by Gasteiger charge is 2.49. The van der Waals surface area contributed by atoms with E-state index in [2.05, 4.69) is 25.6 Å². The summed E-state index contributed by atoms with van der Waals surface area (Å²) in [5, 5.41) is 27.7. The van der Waals surface area contributed by atoms with Gasteiger partial charge in [-0.05, 0) is 90.6 Å². The number of amides is 1. The monoisotopic (exact) mass is 651 g/mol. The van der Waals surface area contributed by atoms with E-state index in [0.717, 1.165) is 25.1 Å². The first-order chi connectivity index (χ1) is 21.7. The van der Waals surface area contributed by atoms with Crippen molar-refractivity contribution in [1.29, 1.82) is 0 Å². The SMILES string of the molecule is CC1(C)C[C@](O)(c2ncc(-c3cc(Nc4nccc(C(F)(F)F)n4)cc(-c4cccc(C(=O)NC5CC5)c4)c3)s2)CC[C@H]1C(=O)O. The van der Waals surface area contributed by atoms with Crippen molar-refractivity contribution in [1.82, 2.24) is 20.3 Å². The Kier molecular flexibility index (Phi) is 8.09. The molecule has 0 unspecified atom stereocenters. The lowest BCUT2D eigenvalue weighted by atomic mass is 9.63. The summed E-state index contributed by atoms with van der Waals surface area (Å²) in [6, 6.07) is 13.4. The Morgan fingerprint density at radius 2 is 1.76 bits per heavy atom. The van der Waals surface area contributed by atoms with Crippen molar-refractivity contribution in [2.24, 2.45) is 11.3 Å². The minimum absolute atomic E-state index is 0.183. The molecule has 6 rings (SSSR count). The van der Waals surface area contributed by atoms with E-state index in [0.29, 0.717) is 44.2 Å². The molecule has 13 heteroatoms. The number of hydrogen-bond acceptors (Lipinski definition) is 8. The van der Waals surface area contributed by atoms with Crippen LogP contribution in [0.3, 0.4) is 0 Å². The first-order valence-corrected chi connectivity index (χ1v) is 15.7. The molecule has 0 radical (unpaired) electrons. The van der Waals surface area contributed by atoms with Gasteiger partial charge in [-0.1, -0.05) is 26.0 Å². The molecule has 2 aromatic carbocycles. The first kappa shape index (κ1) is 31.6. The van der Waals surface area contributed by atoms with Crippen molar-refractivity contribution in [2.45, 2.75) is 63.8 Å². The summed E-state index contributed by atoms with van der Waals surface area (Å²) in [4.78, 5) is 37.4. The van der Waals surface area contributed by atoms with Crippen molar-refractivity contribution in [2.75, 3.05) is 5.32 Å². The molecule has 9 nitrogen and oxygen atoms in total. The van der Waals surface area contributed by atoms with Crippen LogP contribution in [0.4, 0.5) is 24.8 Å². The lowest BCUT2D eigenvalue weighted by Gasteiger charge is -2.44. The molecular formula is C33H32F3N5O4S. The van der Waals surface area contributed by atoms with Crippen molar-refractivity contribution >= 4 is 34.8 Å². The second-order valence-corrected chi connectivity index (χ2v) is 13.7. The van der Waals surface area contributed by atoms with E-state index in [1.807, 2.05) is 26.0 Å². The van der Waals surface area contributed by atoms with Crippen molar-refractivity contribution in [3.05, 3.63) is 77.2 Å². The second-order valence-electron chi connectivity index (χ2n) is 12.7. The molecule has 4 aromatic rings. The normalized spacial score (nSPS) is 21.0. The lowest BCUT2D eigenvalue weighted by molar-refractivity contribution is -0.154. The minimum Gasteiger partial charge on any atom is -0.481 e. The van der Waals surface area contributed by atoms with Crippen LogP contribution in [0.15, 0.2) is 60.9 Å². The predicted molar refractivity (Wildman–Crippen MR) is 166 cm³/mol. The average Bonchev–Trinajstić information content (AvgIpc) is 3.65. The van der Waals surface area contributed by atoms with E-state index in [-0.39, 0.29) is 30.7 Å². The fourth-order valence-corrected chi connectivity index (χ4v) is 7.07. The number of halogens is 3. The Morgan fingerprint density at radius 1 is 1.00 bits per heavy atom.